The fraction of sp³-hybridized carbons (Fsp3) is 0.556. The highest BCUT2D eigenvalue weighted by Crippen LogP contribution is 2.03. The van der Waals surface area contributed by atoms with Crippen LogP contribution < -0.4 is 0 Å². The highest BCUT2D eigenvalue weighted by atomic mass is 79.9. The predicted octanol–water partition coefficient (Wildman–Crippen LogP) is 3.51. The lowest BCUT2D eigenvalue weighted by atomic mass is 10.2. The van der Waals surface area contributed by atoms with Crippen molar-refractivity contribution in [1.82, 2.24) is 0 Å². The summed E-state index contributed by atoms with van der Waals surface area (Å²) < 4.78 is 27.1. The van der Waals surface area contributed by atoms with Gasteiger partial charge in [-0.1, -0.05) is 41.1 Å². The molecular formula is C9H13BrF2O. The van der Waals surface area contributed by atoms with Crippen LogP contribution in [-0.4, -0.2) is 18.5 Å². The third-order valence-electron chi connectivity index (χ3n) is 1.27. The zero-order valence-corrected chi connectivity index (χ0v) is 9.06. The van der Waals surface area contributed by atoms with Crippen molar-refractivity contribution in [3.05, 3.63) is 23.8 Å². The van der Waals surface area contributed by atoms with E-state index in [9.17, 15) is 8.78 Å². The number of halogens is 3. The second-order valence-corrected chi connectivity index (χ2v) is 2.88. The van der Waals surface area contributed by atoms with Gasteiger partial charge in [0.1, 0.15) is 0 Å². The first-order chi connectivity index (χ1) is 6.20. The minimum Gasteiger partial charge on any atom is -0.319 e. The number of allylic oxidation sites excluding steroid dienone is 3. The lowest BCUT2D eigenvalue weighted by Gasteiger charge is -1.97. The maximum absolute atomic E-state index is 11.5. The van der Waals surface area contributed by atoms with Gasteiger partial charge in [0.15, 0.2) is 0 Å². The molecule has 0 aromatic heterocycles. The summed E-state index contributed by atoms with van der Waals surface area (Å²) in [6.07, 6.45) is 6.31. The first kappa shape index (κ1) is 12.8. The van der Waals surface area contributed by atoms with Crippen LogP contribution in [0.1, 0.15) is 13.3 Å². The summed E-state index contributed by atoms with van der Waals surface area (Å²) in [6.45, 7) is -0.718. The summed E-state index contributed by atoms with van der Waals surface area (Å²) in [4.78, 5) is 0. The van der Waals surface area contributed by atoms with Crippen LogP contribution in [0, 0.1) is 0 Å². The van der Waals surface area contributed by atoms with Crippen LogP contribution in [0.15, 0.2) is 23.8 Å². The summed E-state index contributed by atoms with van der Waals surface area (Å²) in [7, 11) is 0. The van der Waals surface area contributed by atoms with Crippen LogP contribution in [0.3, 0.4) is 0 Å². The molecule has 1 nitrogen and oxygen atoms in total. The third-order valence-corrected chi connectivity index (χ3v) is 1.92. The van der Waals surface area contributed by atoms with Gasteiger partial charge in [0.2, 0.25) is 0 Å². The smallest absolute Gasteiger partial charge is 0.319 e. The molecule has 13 heavy (non-hydrogen) atoms. The average Bonchev–Trinajstić information content (AvgIpc) is 2.10. The van der Waals surface area contributed by atoms with Gasteiger partial charge in [0, 0.05) is 5.33 Å². The molecule has 76 valence electrons. The molecule has 0 rings (SSSR count). The molecule has 0 aliphatic carbocycles. The predicted molar refractivity (Wildman–Crippen MR) is 53.3 cm³/mol. The third kappa shape index (κ3) is 8.12. The van der Waals surface area contributed by atoms with Crippen molar-refractivity contribution in [2.75, 3.05) is 11.9 Å². The van der Waals surface area contributed by atoms with Crippen molar-refractivity contribution >= 4 is 15.9 Å². The molecule has 0 N–H and O–H groups in total. The Morgan fingerprint density at radius 3 is 2.69 bits per heavy atom. The van der Waals surface area contributed by atoms with Crippen LogP contribution in [0.4, 0.5) is 8.78 Å². The Morgan fingerprint density at radius 2 is 2.23 bits per heavy atom. The molecule has 0 fully saturated rings. The van der Waals surface area contributed by atoms with Crippen molar-refractivity contribution in [2.24, 2.45) is 0 Å². The van der Waals surface area contributed by atoms with E-state index in [2.05, 4.69) is 20.7 Å². The number of ether oxygens (including phenoxy) is 1. The Morgan fingerprint density at radius 1 is 1.54 bits per heavy atom. The van der Waals surface area contributed by atoms with Crippen LogP contribution in [0.5, 0.6) is 0 Å². The highest BCUT2D eigenvalue weighted by molar-refractivity contribution is 9.09. The van der Waals surface area contributed by atoms with E-state index in [1.165, 1.54) is 0 Å². The molecule has 0 heterocycles. The molecule has 0 atom stereocenters. The normalized spacial score (nSPS) is 13.2. The van der Waals surface area contributed by atoms with Crippen LogP contribution in [-0.2, 0) is 4.74 Å². The van der Waals surface area contributed by atoms with E-state index in [0.717, 1.165) is 17.3 Å². The first-order valence-corrected chi connectivity index (χ1v) is 5.14. The Bertz CT molecular complexity index is 178. The molecule has 0 amide bonds. The van der Waals surface area contributed by atoms with Crippen molar-refractivity contribution in [2.45, 2.75) is 20.0 Å². The van der Waals surface area contributed by atoms with E-state index < -0.39 is 6.61 Å². The number of hydrogen-bond acceptors (Lipinski definition) is 1. The van der Waals surface area contributed by atoms with Gasteiger partial charge in [-0.2, -0.15) is 8.78 Å². The minimum atomic E-state index is -2.69. The molecule has 0 aliphatic heterocycles. The van der Waals surface area contributed by atoms with E-state index >= 15 is 0 Å². The second-order valence-electron chi connectivity index (χ2n) is 2.32. The molecule has 0 saturated carbocycles. The van der Waals surface area contributed by atoms with Crippen molar-refractivity contribution < 1.29 is 13.5 Å². The Balaban J connectivity index is 3.74. The molecule has 0 spiro atoms. The van der Waals surface area contributed by atoms with Crippen molar-refractivity contribution in [1.29, 1.82) is 0 Å². The highest BCUT2D eigenvalue weighted by Gasteiger charge is 1.97. The zero-order valence-electron chi connectivity index (χ0n) is 7.47. The molecule has 0 aromatic carbocycles. The second kappa shape index (κ2) is 8.38. The van der Waals surface area contributed by atoms with Gasteiger partial charge < -0.3 is 4.74 Å². The van der Waals surface area contributed by atoms with Gasteiger partial charge in [-0.05, 0) is 12.0 Å². The first-order valence-electron chi connectivity index (χ1n) is 4.02. The minimum absolute atomic E-state index is 0.0499. The SMILES string of the molecule is CC/C=C(\C=C/COC(F)F)CBr. The fourth-order valence-electron chi connectivity index (χ4n) is 0.757. The molecule has 0 radical (unpaired) electrons. The molecule has 0 bridgehead atoms. The number of alkyl halides is 3. The summed E-state index contributed by atoms with van der Waals surface area (Å²) in [6, 6.07) is 0. The maximum atomic E-state index is 11.5. The molecule has 0 unspecified atom stereocenters. The van der Waals surface area contributed by atoms with Gasteiger partial charge in [-0.3, -0.25) is 0 Å². The quantitative estimate of drug-likeness (QED) is 0.521. The van der Waals surface area contributed by atoms with Gasteiger partial charge in [0.05, 0.1) is 6.61 Å². The average molecular weight is 255 g/mol. The van der Waals surface area contributed by atoms with Crippen LogP contribution in [0.2, 0.25) is 0 Å². The van der Waals surface area contributed by atoms with E-state index in [1.807, 2.05) is 13.0 Å². The summed E-state index contributed by atoms with van der Waals surface area (Å²) >= 11 is 3.29. The molecule has 4 heteroatoms. The van der Waals surface area contributed by atoms with Gasteiger partial charge in [-0.25, -0.2) is 0 Å². The van der Waals surface area contributed by atoms with Crippen LogP contribution >= 0.6 is 15.9 Å². The van der Waals surface area contributed by atoms with E-state index in [0.29, 0.717) is 0 Å². The van der Waals surface area contributed by atoms with Gasteiger partial charge in [-0.15, -0.1) is 0 Å². The summed E-state index contributed by atoms with van der Waals surface area (Å²) in [5.41, 5.74) is 1.07. The van der Waals surface area contributed by atoms with E-state index in [-0.39, 0.29) is 6.61 Å². The lowest BCUT2D eigenvalue weighted by molar-refractivity contribution is -0.119. The van der Waals surface area contributed by atoms with Crippen LogP contribution in [0.25, 0.3) is 0 Å². The van der Waals surface area contributed by atoms with E-state index in [1.54, 1.807) is 12.2 Å². The molecule has 0 aliphatic rings. The van der Waals surface area contributed by atoms with Gasteiger partial charge >= 0.3 is 6.61 Å². The maximum Gasteiger partial charge on any atom is 0.345 e. The van der Waals surface area contributed by atoms with Crippen molar-refractivity contribution in [3.63, 3.8) is 0 Å². The number of hydrogen-bond donors (Lipinski definition) is 0. The Hall–Kier alpha value is -0.220. The van der Waals surface area contributed by atoms with Gasteiger partial charge in [0.25, 0.3) is 0 Å². The zero-order chi connectivity index (χ0) is 10.1. The Labute approximate surface area is 85.6 Å². The fourth-order valence-corrected chi connectivity index (χ4v) is 1.17. The van der Waals surface area contributed by atoms with E-state index in [4.69, 9.17) is 0 Å². The largest absolute Gasteiger partial charge is 0.345 e. The molecular weight excluding hydrogens is 242 g/mol. The molecule has 0 saturated heterocycles. The summed E-state index contributed by atoms with van der Waals surface area (Å²) in [5.74, 6) is 0. The number of rotatable bonds is 6. The lowest BCUT2D eigenvalue weighted by Crippen LogP contribution is -1.97. The van der Waals surface area contributed by atoms with Crippen molar-refractivity contribution in [3.8, 4) is 0 Å². The Kier molecular flexibility index (Phi) is 8.24. The molecule has 0 aromatic rings. The monoisotopic (exact) mass is 254 g/mol. The summed E-state index contributed by atoms with van der Waals surface area (Å²) in [5, 5.41) is 0.728. The standard InChI is InChI=1S/C9H13BrF2O/c1-2-4-8(7-10)5-3-6-13-9(11)12/h3-5,9H,2,6-7H2,1H3/b5-3-,8-4+. The topological polar surface area (TPSA) is 9.23 Å².